The van der Waals surface area contributed by atoms with E-state index in [9.17, 15) is 4.79 Å². The summed E-state index contributed by atoms with van der Waals surface area (Å²) >= 11 is 0. The predicted molar refractivity (Wildman–Crippen MR) is 72.9 cm³/mol. The van der Waals surface area contributed by atoms with Crippen LogP contribution in [-0.4, -0.2) is 39.7 Å². The summed E-state index contributed by atoms with van der Waals surface area (Å²) in [7, 11) is 1.80. The zero-order valence-electron chi connectivity index (χ0n) is 11.1. The topological polar surface area (TPSA) is 64.2 Å². The van der Waals surface area contributed by atoms with E-state index in [1.807, 2.05) is 17.9 Å². The molecule has 0 saturated carbocycles. The minimum atomic E-state index is 0. The Morgan fingerprint density at radius 2 is 2.22 bits per heavy atom. The third-order valence-corrected chi connectivity index (χ3v) is 3.48. The molecule has 102 valence electrons. The number of carbonyl (C=O) groups is 1. The quantitative estimate of drug-likeness (QED) is 0.828. The van der Waals surface area contributed by atoms with Crippen molar-refractivity contribution in [3.05, 3.63) is 17.5 Å². The Labute approximate surface area is 114 Å². The Kier molecular flexibility index (Phi) is 4.76. The number of nitrogens with two attached hydrogens (primary N) is 1. The third-order valence-electron chi connectivity index (χ3n) is 3.48. The highest BCUT2D eigenvalue weighted by atomic mass is 35.5. The van der Waals surface area contributed by atoms with Crippen LogP contribution in [-0.2, 0) is 7.05 Å². The summed E-state index contributed by atoms with van der Waals surface area (Å²) in [5.41, 5.74) is 7.49. The van der Waals surface area contributed by atoms with Crippen molar-refractivity contribution in [2.24, 2.45) is 18.7 Å². The Morgan fingerprint density at radius 3 is 2.72 bits per heavy atom. The zero-order chi connectivity index (χ0) is 12.6. The molecule has 2 heterocycles. The number of rotatable bonds is 1. The van der Waals surface area contributed by atoms with Crippen LogP contribution in [0.1, 0.15) is 29.5 Å². The standard InChI is InChI=1S/C12H20N4O.ClH/c1-8-7-16(5-4-10(8)13)12(17)11-6-9(2)14-15(11)3;/h6,8,10H,4-5,7,13H2,1-3H3;1H. The van der Waals surface area contributed by atoms with Crippen LogP contribution in [0.15, 0.2) is 6.07 Å². The highest BCUT2D eigenvalue weighted by molar-refractivity contribution is 5.92. The van der Waals surface area contributed by atoms with E-state index in [1.54, 1.807) is 11.7 Å². The van der Waals surface area contributed by atoms with Gasteiger partial charge in [-0.2, -0.15) is 5.10 Å². The summed E-state index contributed by atoms with van der Waals surface area (Å²) in [4.78, 5) is 14.2. The smallest absolute Gasteiger partial charge is 0.272 e. The van der Waals surface area contributed by atoms with Gasteiger partial charge in [0.1, 0.15) is 5.69 Å². The van der Waals surface area contributed by atoms with E-state index in [0.717, 1.165) is 25.2 Å². The normalized spacial score (nSPS) is 23.7. The molecule has 2 N–H and O–H groups in total. The maximum Gasteiger partial charge on any atom is 0.272 e. The average Bonchev–Trinajstić information content (AvgIpc) is 2.61. The summed E-state index contributed by atoms with van der Waals surface area (Å²) in [6.45, 7) is 5.48. The second-order valence-electron chi connectivity index (χ2n) is 4.98. The summed E-state index contributed by atoms with van der Waals surface area (Å²) in [5, 5.41) is 4.21. The minimum Gasteiger partial charge on any atom is -0.337 e. The molecule has 1 aliphatic rings. The largest absolute Gasteiger partial charge is 0.337 e. The van der Waals surface area contributed by atoms with Crippen molar-refractivity contribution >= 4 is 18.3 Å². The van der Waals surface area contributed by atoms with Gasteiger partial charge < -0.3 is 10.6 Å². The molecule has 5 nitrogen and oxygen atoms in total. The molecule has 1 aromatic rings. The van der Waals surface area contributed by atoms with E-state index < -0.39 is 0 Å². The number of amides is 1. The fourth-order valence-corrected chi connectivity index (χ4v) is 2.32. The van der Waals surface area contributed by atoms with Crippen LogP contribution in [0.5, 0.6) is 0 Å². The Balaban J connectivity index is 0.00000162. The van der Waals surface area contributed by atoms with Gasteiger partial charge in [-0.1, -0.05) is 6.92 Å². The van der Waals surface area contributed by atoms with Crippen LogP contribution in [0.2, 0.25) is 0 Å². The van der Waals surface area contributed by atoms with Crippen molar-refractivity contribution in [1.29, 1.82) is 0 Å². The highest BCUT2D eigenvalue weighted by Gasteiger charge is 2.28. The van der Waals surface area contributed by atoms with Crippen molar-refractivity contribution in [3.8, 4) is 0 Å². The Hall–Kier alpha value is -1.07. The van der Waals surface area contributed by atoms with E-state index in [0.29, 0.717) is 11.6 Å². The molecule has 0 radical (unpaired) electrons. The molecule has 18 heavy (non-hydrogen) atoms. The lowest BCUT2D eigenvalue weighted by Crippen LogP contribution is -2.48. The first-order valence-electron chi connectivity index (χ1n) is 6.04. The summed E-state index contributed by atoms with van der Waals surface area (Å²) < 4.78 is 1.65. The van der Waals surface area contributed by atoms with Gasteiger partial charge in [-0.05, 0) is 25.3 Å². The molecule has 0 aromatic carbocycles. The maximum absolute atomic E-state index is 12.3. The number of aromatic nitrogens is 2. The van der Waals surface area contributed by atoms with Crippen molar-refractivity contribution < 1.29 is 4.79 Å². The molecule has 1 aliphatic heterocycles. The molecular weight excluding hydrogens is 252 g/mol. The minimum absolute atomic E-state index is 0. The van der Waals surface area contributed by atoms with Crippen LogP contribution in [0.4, 0.5) is 0 Å². The number of hydrogen-bond donors (Lipinski definition) is 1. The third kappa shape index (κ3) is 2.84. The van der Waals surface area contributed by atoms with Crippen LogP contribution in [0.25, 0.3) is 0 Å². The fourth-order valence-electron chi connectivity index (χ4n) is 2.32. The van der Waals surface area contributed by atoms with Gasteiger partial charge in [-0.15, -0.1) is 12.4 Å². The number of nitrogens with zero attached hydrogens (tertiary/aromatic N) is 3. The number of aryl methyl sites for hydroxylation is 2. The van der Waals surface area contributed by atoms with Crippen LogP contribution >= 0.6 is 12.4 Å². The van der Waals surface area contributed by atoms with Crippen LogP contribution in [0, 0.1) is 12.8 Å². The van der Waals surface area contributed by atoms with Crippen molar-refractivity contribution in [2.75, 3.05) is 13.1 Å². The Morgan fingerprint density at radius 1 is 1.56 bits per heavy atom. The molecule has 0 spiro atoms. The summed E-state index contributed by atoms with van der Waals surface area (Å²) in [6, 6.07) is 2.05. The number of carbonyl (C=O) groups excluding carboxylic acids is 1. The van der Waals surface area contributed by atoms with Gasteiger partial charge in [0.05, 0.1) is 5.69 Å². The van der Waals surface area contributed by atoms with Crippen LogP contribution < -0.4 is 5.73 Å². The summed E-state index contributed by atoms with van der Waals surface area (Å²) in [5.74, 6) is 0.425. The van der Waals surface area contributed by atoms with E-state index in [-0.39, 0.29) is 24.4 Å². The van der Waals surface area contributed by atoms with Crippen LogP contribution in [0.3, 0.4) is 0 Å². The predicted octanol–water partition coefficient (Wildman–Crippen LogP) is 0.960. The number of hydrogen-bond acceptors (Lipinski definition) is 3. The van der Waals surface area contributed by atoms with E-state index in [2.05, 4.69) is 12.0 Å². The number of halogens is 1. The second kappa shape index (κ2) is 5.71. The maximum atomic E-state index is 12.3. The van der Waals surface area contributed by atoms with Crippen molar-refractivity contribution in [1.82, 2.24) is 14.7 Å². The molecule has 1 saturated heterocycles. The summed E-state index contributed by atoms with van der Waals surface area (Å²) in [6.07, 6.45) is 0.879. The second-order valence-corrected chi connectivity index (χ2v) is 4.98. The van der Waals surface area contributed by atoms with Gasteiger partial charge in [0.15, 0.2) is 0 Å². The molecule has 1 fully saturated rings. The molecule has 2 atom stereocenters. The van der Waals surface area contributed by atoms with E-state index >= 15 is 0 Å². The van der Waals surface area contributed by atoms with Gasteiger partial charge in [0, 0.05) is 26.2 Å². The zero-order valence-corrected chi connectivity index (χ0v) is 11.9. The molecule has 1 amide bonds. The molecule has 0 bridgehead atoms. The number of piperidine rings is 1. The molecule has 2 rings (SSSR count). The van der Waals surface area contributed by atoms with Gasteiger partial charge in [0.2, 0.25) is 0 Å². The first-order chi connectivity index (χ1) is 7.99. The number of likely N-dealkylation sites (tertiary alicyclic amines) is 1. The highest BCUT2D eigenvalue weighted by Crippen LogP contribution is 2.17. The van der Waals surface area contributed by atoms with Crippen molar-refractivity contribution in [3.63, 3.8) is 0 Å². The fraction of sp³-hybridized carbons (Fsp3) is 0.667. The lowest BCUT2D eigenvalue weighted by atomic mass is 9.94. The first-order valence-corrected chi connectivity index (χ1v) is 6.04. The lowest BCUT2D eigenvalue weighted by Gasteiger charge is -2.35. The van der Waals surface area contributed by atoms with E-state index in [4.69, 9.17) is 5.73 Å². The van der Waals surface area contributed by atoms with Crippen molar-refractivity contribution in [2.45, 2.75) is 26.3 Å². The van der Waals surface area contributed by atoms with Gasteiger partial charge in [-0.3, -0.25) is 9.48 Å². The van der Waals surface area contributed by atoms with E-state index in [1.165, 1.54) is 0 Å². The lowest BCUT2D eigenvalue weighted by molar-refractivity contribution is 0.0653. The molecule has 1 aromatic heterocycles. The molecule has 6 heteroatoms. The first kappa shape index (κ1) is 15.0. The molecule has 0 aliphatic carbocycles. The average molecular weight is 273 g/mol. The van der Waals surface area contributed by atoms with Gasteiger partial charge in [-0.25, -0.2) is 0 Å². The Bertz CT molecular complexity index is 432. The monoisotopic (exact) mass is 272 g/mol. The molecule has 2 unspecified atom stereocenters. The molecular formula is C12H21ClN4O. The van der Waals surface area contributed by atoms with Gasteiger partial charge in [0.25, 0.3) is 5.91 Å². The SMILES string of the molecule is Cc1cc(C(=O)N2CCC(N)C(C)C2)n(C)n1.Cl. The van der Waals surface area contributed by atoms with Gasteiger partial charge >= 0.3 is 0 Å².